The molecular formula is C23H19Cl2NO4S. The molecule has 2 aromatic carbocycles. The molecule has 0 fully saturated rings. The zero-order valence-electron chi connectivity index (χ0n) is 16.3. The topological polar surface area (TPSA) is 66.8 Å². The number of nitrogens with zero attached hydrogens (tertiary/aromatic N) is 1. The van der Waals surface area contributed by atoms with Crippen LogP contribution in [0.25, 0.3) is 0 Å². The van der Waals surface area contributed by atoms with Gasteiger partial charge in [-0.2, -0.15) is 0 Å². The second-order valence-electron chi connectivity index (χ2n) is 7.19. The Kier molecular flexibility index (Phi) is 6.62. The molecule has 0 bridgehead atoms. The average molecular weight is 476 g/mol. The summed E-state index contributed by atoms with van der Waals surface area (Å²) in [5.74, 6) is -1.97. The third-order valence-electron chi connectivity index (χ3n) is 5.27. The van der Waals surface area contributed by atoms with E-state index in [9.17, 15) is 14.7 Å². The smallest absolute Gasteiger partial charge is 0.349 e. The Labute approximate surface area is 193 Å². The van der Waals surface area contributed by atoms with E-state index in [0.29, 0.717) is 23.7 Å². The SMILES string of the molecule is O=C(O)C(OC(=O)C(c1ccccc1Cl)N1CCc2sccc2C1)c1ccccc1Cl. The first-order valence-corrected chi connectivity index (χ1v) is 11.3. The lowest BCUT2D eigenvalue weighted by Crippen LogP contribution is -2.39. The monoisotopic (exact) mass is 475 g/mol. The number of rotatable bonds is 6. The number of carboxylic acids is 1. The molecule has 160 valence electrons. The van der Waals surface area contributed by atoms with Crippen molar-refractivity contribution in [2.24, 2.45) is 0 Å². The summed E-state index contributed by atoms with van der Waals surface area (Å²) in [7, 11) is 0. The molecule has 1 aliphatic rings. The quantitative estimate of drug-likeness (QED) is 0.475. The van der Waals surface area contributed by atoms with Gasteiger partial charge in [-0.05, 0) is 41.1 Å². The molecule has 0 spiro atoms. The van der Waals surface area contributed by atoms with E-state index in [0.717, 1.165) is 12.0 Å². The van der Waals surface area contributed by atoms with Crippen LogP contribution >= 0.6 is 34.5 Å². The van der Waals surface area contributed by atoms with E-state index in [-0.39, 0.29) is 10.6 Å². The average Bonchev–Trinajstić information content (AvgIpc) is 3.22. The largest absolute Gasteiger partial charge is 0.478 e. The predicted molar refractivity (Wildman–Crippen MR) is 121 cm³/mol. The van der Waals surface area contributed by atoms with Crippen molar-refractivity contribution in [3.63, 3.8) is 0 Å². The molecule has 2 unspecified atom stereocenters. The number of halogens is 2. The van der Waals surface area contributed by atoms with Crippen LogP contribution in [-0.2, 0) is 27.3 Å². The van der Waals surface area contributed by atoms with Crippen LogP contribution in [0.15, 0.2) is 60.0 Å². The second-order valence-corrected chi connectivity index (χ2v) is 9.01. The summed E-state index contributed by atoms with van der Waals surface area (Å²) in [5.41, 5.74) is 1.96. The number of hydrogen-bond acceptors (Lipinski definition) is 5. The molecule has 2 heterocycles. The normalized spacial score (nSPS) is 15.7. The highest BCUT2D eigenvalue weighted by atomic mass is 35.5. The second kappa shape index (κ2) is 9.40. The maximum absolute atomic E-state index is 13.4. The van der Waals surface area contributed by atoms with Crippen molar-refractivity contribution in [3.8, 4) is 0 Å². The Morgan fingerprint density at radius 1 is 1.00 bits per heavy atom. The van der Waals surface area contributed by atoms with Gasteiger partial charge < -0.3 is 9.84 Å². The van der Waals surface area contributed by atoms with Gasteiger partial charge in [0.1, 0.15) is 6.04 Å². The molecule has 31 heavy (non-hydrogen) atoms. The van der Waals surface area contributed by atoms with Gasteiger partial charge in [0.2, 0.25) is 6.10 Å². The van der Waals surface area contributed by atoms with Crippen molar-refractivity contribution in [2.45, 2.75) is 25.1 Å². The zero-order chi connectivity index (χ0) is 22.0. The van der Waals surface area contributed by atoms with Gasteiger partial charge in [0, 0.05) is 33.6 Å². The van der Waals surface area contributed by atoms with Crippen molar-refractivity contribution < 1.29 is 19.4 Å². The molecular weight excluding hydrogens is 457 g/mol. The van der Waals surface area contributed by atoms with Crippen LogP contribution in [0, 0.1) is 0 Å². The Hall–Kier alpha value is -2.38. The summed E-state index contributed by atoms with van der Waals surface area (Å²) in [5, 5.41) is 12.4. The molecule has 3 aromatic rings. The van der Waals surface area contributed by atoms with Crippen LogP contribution in [0.3, 0.4) is 0 Å². The van der Waals surface area contributed by atoms with Gasteiger partial charge in [0.05, 0.1) is 0 Å². The van der Waals surface area contributed by atoms with E-state index in [1.165, 1.54) is 10.9 Å². The van der Waals surface area contributed by atoms with Gasteiger partial charge in [0.25, 0.3) is 0 Å². The first kappa shape index (κ1) is 21.8. The minimum Gasteiger partial charge on any atom is -0.478 e. The fourth-order valence-electron chi connectivity index (χ4n) is 3.78. The first-order valence-electron chi connectivity index (χ1n) is 9.67. The summed E-state index contributed by atoms with van der Waals surface area (Å²) in [4.78, 5) is 28.6. The fraction of sp³-hybridized carbons (Fsp3) is 0.217. The van der Waals surface area contributed by atoms with Gasteiger partial charge in [-0.3, -0.25) is 4.90 Å². The van der Waals surface area contributed by atoms with Gasteiger partial charge in [-0.1, -0.05) is 59.6 Å². The number of carbonyl (C=O) groups is 2. The molecule has 8 heteroatoms. The van der Waals surface area contributed by atoms with Crippen molar-refractivity contribution in [2.75, 3.05) is 6.54 Å². The molecule has 1 N–H and O–H groups in total. The van der Waals surface area contributed by atoms with Gasteiger partial charge >= 0.3 is 11.9 Å². The predicted octanol–water partition coefficient (Wildman–Crippen LogP) is 5.52. The third kappa shape index (κ3) is 4.62. The van der Waals surface area contributed by atoms with E-state index in [2.05, 4.69) is 0 Å². The van der Waals surface area contributed by atoms with Crippen LogP contribution in [0.2, 0.25) is 10.0 Å². The van der Waals surface area contributed by atoms with Crippen LogP contribution < -0.4 is 0 Å². The fourth-order valence-corrected chi connectivity index (χ4v) is 5.14. The summed E-state index contributed by atoms with van der Waals surface area (Å²) in [6.07, 6.45) is -0.721. The van der Waals surface area contributed by atoms with Crippen molar-refractivity contribution in [3.05, 3.63) is 91.6 Å². The van der Waals surface area contributed by atoms with E-state index in [1.54, 1.807) is 53.8 Å². The molecule has 0 saturated carbocycles. The maximum Gasteiger partial charge on any atom is 0.349 e. The highest BCUT2D eigenvalue weighted by molar-refractivity contribution is 7.10. The Balaban J connectivity index is 1.68. The van der Waals surface area contributed by atoms with Crippen LogP contribution in [0.1, 0.15) is 33.7 Å². The number of aliphatic carboxylic acids is 1. The summed E-state index contributed by atoms with van der Waals surface area (Å²) < 4.78 is 5.55. The molecule has 0 aliphatic carbocycles. The lowest BCUT2D eigenvalue weighted by molar-refractivity contribution is -0.169. The van der Waals surface area contributed by atoms with Gasteiger partial charge in [-0.25, -0.2) is 9.59 Å². The number of fused-ring (bicyclic) bond motifs is 1. The number of hydrogen-bond donors (Lipinski definition) is 1. The lowest BCUT2D eigenvalue weighted by Gasteiger charge is -2.34. The number of esters is 1. The summed E-state index contributed by atoms with van der Waals surface area (Å²) >= 11 is 14.3. The summed E-state index contributed by atoms with van der Waals surface area (Å²) in [6.45, 7) is 1.18. The molecule has 4 rings (SSSR count). The summed E-state index contributed by atoms with van der Waals surface area (Å²) in [6, 6.07) is 14.7. The first-order chi connectivity index (χ1) is 15.0. The van der Waals surface area contributed by atoms with Crippen molar-refractivity contribution >= 4 is 46.5 Å². The molecule has 0 amide bonds. The number of ether oxygens (including phenoxy) is 1. The van der Waals surface area contributed by atoms with Crippen molar-refractivity contribution in [1.29, 1.82) is 0 Å². The Bertz CT molecular complexity index is 1120. The number of carbonyl (C=O) groups excluding carboxylic acids is 1. The molecule has 0 radical (unpaired) electrons. The zero-order valence-corrected chi connectivity index (χ0v) is 18.7. The van der Waals surface area contributed by atoms with E-state index < -0.39 is 24.1 Å². The molecule has 1 aromatic heterocycles. The van der Waals surface area contributed by atoms with E-state index in [1.807, 2.05) is 16.3 Å². The maximum atomic E-state index is 13.4. The van der Waals surface area contributed by atoms with E-state index >= 15 is 0 Å². The minimum absolute atomic E-state index is 0.220. The van der Waals surface area contributed by atoms with Gasteiger partial charge in [-0.15, -0.1) is 11.3 Å². The van der Waals surface area contributed by atoms with Crippen LogP contribution in [0.4, 0.5) is 0 Å². The lowest BCUT2D eigenvalue weighted by atomic mass is 10.0. The molecule has 0 saturated heterocycles. The minimum atomic E-state index is -1.52. The number of benzene rings is 2. The van der Waals surface area contributed by atoms with E-state index in [4.69, 9.17) is 27.9 Å². The molecule has 5 nitrogen and oxygen atoms in total. The number of thiophene rings is 1. The highest BCUT2D eigenvalue weighted by Gasteiger charge is 2.36. The Morgan fingerprint density at radius 2 is 1.65 bits per heavy atom. The number of carboxylic acid groups (broad SMARTS) is 1. The third-order valence-corrected chi connectivity index (χ3v) is 6.98. The van der Waals surface area contributed by atoms with Crippen molar-refractivity contribution in [1.82, 2.24) is 4.90 Å². The Morgan fingerprint density at radius 3 is 2.29 bits per heavy atom. The van der Waals surface area contributed by atoms with Crippen LogP contribution in [0.5, 0.6) is 0 Å². The highest BCUT2D eigenvalue weighted by Crippen LogP contribution is 2.36. The van der Waals surface area contributed by atoms with Crippen LogP contribution in [-0.4, -0.2) is 28.5 Å². The van der Waals surface area contributed by atoms with Gasteiger partial charge in [0.15, 0.2) is 0 Å². The standard InChI is InChI=1S/C23H19Cl2NO4S/c24-17-7-3-1-5-15(17)20(26-11-9-19-14(13-26)10-12-31-19)23(29)30-21(22(27)28)16-6-2-4-8-18(16)25/h1-8,10,12,20-21H,9,11,13H2,(H,27,28). The molecule has 2 atom stereocenters. The molecule has 1 aliphatic heterocycles.